The highest BCUT2D eigenvalue weighted by atomic mass is 35.5. The summed E-state index contributed by atoms with van der Waals surface area (Å²) >= 11 is 30.4. The fourth-order valence-electron chi connectivity index (χ4n) is 4.04. The smallest absolute Gasteiger partial charge is 0.158 e. The molecule has 4 rings (SSSR count). The Morgan fingerprint density at radius 1 is 1.03 bits per heavy atom. The highest BCUT2D eigenvalue weighted by Gasteiger charge is 2.42. The van der Waals surface area contributed by atoms with Crippen LogP contribution < -0.4 is 9.47 Å². The normalized spacial score (nSPS) is 18.9. The van der Waals surface area contributed by atoms with Crippen LogP contribution in [0, 0.1) is 0 Å². The molecule has 0 bridgehead atoms. The van der Waals surface area contributed by atoms with Crippen molar-refractivity contribution in [3.8, 4) is 11.5 Å². The van der Waals surface area contributed by atoms with Crippen molar-refractivity contribution >= 4 is 58.0 Å². The molecule has 0 aliphatic carbocycles. The molecule has 1 saturated heterocycles. The van der Waals surface area contributed by atoms with Gasteiger partial charge in [0, 0.05) is 43.9 Å². The van der Waals surface area contributed by atoms with E-state index in [9.17, 15) is 5.11 Å². The van der Waals surface area contributed by atoms with Gasteiger partial charge in [-0.1, -0.05) is 58.0 Å². The van der Waals surface area contributed by atoms with Gasteiger partial charge in [0.25, 0.3) is 0 Å². The van der Waals surface area contributed by atoms with Crippen molar-refractivity contribution < 1.29 is 14.6 Å². The summed E-state index contributed by atoms with van der Waals surface area (Å²) in [7, 11) is 0. The summed E-state index contributed by atoms with van der Waals surface area (Å²) in [5, 5.41) is 12.0. The van der Waals surface area contributed by atoms with Crippen molar-refractivity contribution in [2.24, 2.45) is 0 Å². The third-order valence-corrected chi connectivity index (χ3v) is 7.35. The van der Waals surface area contributed by atoms with Crippen molar-refractivity contribution in [1.82, 2.24) is 4.90 Å². The number of fused-ring (bicyclic) bond motifs is 1. The Morgan fingerprint density at radius 3 is 2.50 bits per heavy atom. The minimum absolute atomic E-state index is 0.0412. The van der Waals surface area contributed by atoms with Gasteiger partial charge >= 0.3 is 0 Å². The molecule has 1 fully saturated rings. The summed E-state index contributed by atoms with van der Waals surface area (Å²) in [5.74, 6) is 1.15. The van der Waals surface area contributed by atoms with Gasteiger partial charge in [-0.3, -0.25) is 0 Å². The molecule has 30 heavy (non-hydrogen) atoms. The fourth-order valence-corrected chi connectivity index (χ4v) is 5.24. The number of aliphatic hydroxyl groups excluding tert-OH is 1. The SMILES string of the molecule is O[C@H](COc1c(Cl)cc(Cl)c(Cl)c1Cl)CN1CCC2(CC1)Cc1cc(Cl)ccc1O2. The van der Waals surface area contributed by atoms with Crippen molar-refractivity contribution in [3.63, 3.8) is 0 Å². The van der Waals surface area contributed by atoms with E-state index in [1.54, 1.807) is 0 Å². The third kappa shape index (κ3) is 4.75. The molecule has 0 saturated carbocycles. The maximum Gasteiger partial charge on any atom is 0.158 e. The van der Waals surface area contributed by atoms with Crippen molar-refractivity contribution in [2.75, 3.05) is 26.2 Å². The van der Waals surface area contributed by atoms with Crippen LogP contribution in [0.2, 0.25) is 25.1 Å². The first-order valence-electron chi connectivity index (χ1n) is 9.60. The topological polar surface area (TPSA) is 41.9 Å². The molecule has 1 N–H and O–H groups in total. The van der Waals surface area contributed by atoms with Crippen molar-refractivity contribution in [3.05, 3.63) is 54.9 Å². The Hall–Kier alpha value is -0.590. The lowest BCUT2D eigenvalue weighted by Gasteiger charge is -2.39. The summed E-state index contributed by atoms with van der Waals surface area (Å²) in [4.78, 5) is 2.21. The predicted molar refractivity (Wildman–Crippen MR) is 122 cm³/mol. The number of aliphatic hydroxyl groups is 1. The number of likely N-dealkylation sites (tertiary alicyclic amines) is 1. The van der Waals surface area contributed by atoms with Gasteiger partial charge in [-0.25, -0.2) is 0 Å². The average molecular weight is 512 g/mol. The van der Waals surface area contributed by atoms with Gasteiger partial charge in [0.2, 0.25) is 0 Å². The molecular formula is C21H20Cl5NO3. The molecule has 1 atom stereocenters. The molecular weight excluding hydrogens is 492 g/mol. The van der Waals surface area contributed by atoms with Crippen LogP contribution >= 0.6 is 58.0 Å². The highest BCUT2D eigenvalue weighted by Crippen LogP contribution is 2.43. The maximum atomic E-state index is 10.4. The van der Waals surface area contributed by atoms with E-state index >= 15 is 0 Å². The zero-order valence-corrected chi connectivity index (χ0v) is 19.7. The molecule has 0 aromatic heterocycles. The monoisotopic (exact) mass is 509 g/mol. The Labute approximate surface area is 200 Å². The first kappa shape index (κ1) is 22.6. The number of nitrogens with zero attached hydrogens (tertiary/aromatic N) is 1. The van der Waals surface area contributed by atoms with Crippen LogP contribution in [-0.2, 0) is 6.42 Å². The van der Waals surface area contributed by atoms with Gasteiger partial charge in [-0.2, -0.15) is 0 Å². The minimum atomic E-state index is -0.707. The Balaban J connectivity index is 1.28. The van der Waals surface area contributed by atoms with Crippen LogP contribution in [0.3, 0.4) is 0 Å². The molecule has 1 spiro atoms. The molecule has 2 aromatic carbocycles. The first-order chi connectivity index (χ1) is 14.3. The van der Waals surface area contributed by atoms with Crippen LogP contribution in [0.5, 0.6) is 11.5 Å². The number of benzene rings is 2. The van der Waals surface area contributed by atoms with Crippen LogP contribution in [-0.4, -0.2) is 48.0 Å². The predicted octanol–water partition coefficient (Wildman–Crippen LogP) is 6.16. The van der Waals surface area contributed by atoms with Crippen molar-refractivity contribution in [1.29, 1.82) is 0 Å². The third-order valence-electron chi connectivity index (χ3n) is 5.59. The van der Waals surface area contributed by atoms with Crippen LogP contribution in [0.25, 0.3) is 0 Å². The Kier molecular flexibility index (Phi) is 6.86. The molecule has 0 radical (unpaired) electrons. The Morgan fingerprint density at radius 2 is 1.77 bits per heavy atom. The van der Waals surface area contributed by atoms with E-state index in [0.29, 0.717) is 6.54 Å². The number of hydrogen-bond donors (Lipinski definition) is 1. The molecule has 0 unspecified atom stereocenters. The lowest BCUT2D eigenvalue weighted by atomic mass is 9.87. The molecule has 2 aliphatic rings. The zero-order chi connectivity index (χ0) is 21.5. The van der Waals surface area contributed by atoms with E-state index in [1.165, 1.54) is 11.6 Å². The van der Waals surface area contributed by atoms with E-state index in [0.717, 1.165) is 43.1 Å². The molecule has 0 amide bonds. The second kappa shape index (κ2) is 9.11. The average Bonchev–Trinajstić information content (AvgIpc) is 3.05. The van der Waals surface area contributed by atoms with E-state index < -0.39 is 6.10 Å². The van der Waals surface area contributed by atoms with E-state index in [1.807, 2.05) is 18.2 Å². The molecule has 2 heterocycles. The van der Waals surface area contributed by atoms with E-state index in [4.69, 9.17) is 67.5 Å². The lowest BCUT2D eigenvalue weighted by Crippen LogP contribution is -2.49. The molecule has 2 aromatic rings. The summed E-state index contributed by atoms with van der Waals surface area (Å²) in [5.41, 5.74) is 0.992. The van der Waals surface area contributed by atoms with Crippen LogP contribution in [0.15, 0.2) is 24.3 Å². The summed E-state index contributed by atoms with van der Waals surface area (Å²) in [6, 6.07) is 7.25. The van der Waals surface area contributed by atoms with Crippen molar-refractivity contribution in [2.45, 2.75) is 31.0 Å². The number of halogens is 5. The van der Waals surface area contributed by atoms with E-state index in [2.05, 4.69) is 4.90 Å². The summed E-state index contributed by atoms with van der Waals surface area (Å²) < 4.78 is 11.9. The van der Waals surface area contributed by atoms with Crippen LogP contribution in [0.4, 0.5) is 0 Å². The largest absolute Gasteiger partial charge is 0.488 e. The number of rotatable bonds is 5. The van der Waals surface area contributed by atoms with Gasteiger partial charge in [-0.15, -0.1) is 0 Å². The molecule has 162 valence electrons. The molecule has 2 aliphatic heterocycles. The highest BCUT2D eigenvalue weighted by molar-refractivity contribution is 6.50. The Bertz CT molecular complexity index is 947. The maximum absolute atomic E-state index is 10.4. The van der Waals surface area contributed by atoms with Gasteiger partial charge in [-0.05, 0) is 29.8 Å². The van der Waals surface area contributed by atoms with Crippen LogP contribution in [0.1, 0.15) is 18.4 Å². The number of hydrogen-bond acceptors (Lipinski definition) is 4. The quantitative estimate of drug-likeness (QED) is 0.386. The molecule has 9 heteroatoms. The van der Waals surface area contributed by atoms with Gasteiger partial charge in [0.15, 0.2) is 5.75 Å². The number of β-amino-alcohol motifs (C(OH)–C–C–N with tert-alkyl or cyclic N) is 1. The zero-order valence-electron chi connectivity index (χ0n) is 15.9. The number of ether oxygens (including phenoxy) is 2. The van der Waals surface area contributed by atoms with E-state index in [-0.39, 0.29) is 38.0 Å². The fraction of sp³-hybridized carbons (Fsp3) is 0.429. The second-order valence-corrected chi connectivity index (χ2v) is 9.78. The molecule has 4 nitrogen and oxygen atoms in total. The van der Waals surface area contributed by atoms with Gasteiger partial charge < -0.3 is 19.5 Å². The minimum Gasteiger partial charge on any atom is -0.488 e. The van der Waals surface area contributed by atoms with Gasteiger partial charge in [0.05, 0.1) is 15.1 Å². The first-order valence-corrected chi connectivity index (χ1v) is 11.5. The number of piperidine rings is 1. The summed E-state index contributed by atoms with van der Waals surface area (Å²) in [6.07, 6.45) is 1.94. The standard InChI is InChI=1S/C21H20Cl5NO3/c22-13-1-2-17-12(7-13)9-21(30-17)3-5-27(6-4-21)10-14(28)11-29-20-16(24)8-15(23)18(25)19(20)26/h1-2,7-8,14,28H,3-6,9-11H2/t14-/m0/s1. The van der Waals surface area contributed by atoms with Gasteiger partial charge in [0.1, 0.15) is 29.1 Å². The lowest BCUT2D eigenvalue weighted by molar-refractivity contribution is -0.00194. The second-order valence-electron chi connectivity index (χ2n) is 7.78. The summed E-state index contributed by atoms with van der Waals surface area (Å²) in [6.45, 7) is 2.17.